The zero-order valence-electron chi connectivity index (χ0n) is 15.9. The van der Waals surface area contributed by atoms with E-state index in [0.717, 1.165) is 5.56 Å². The third-order valence-electron chi connectivity index (χ3n) is 4.99. The van der Waals surface area contributed by atoms with Crippen LogP contribution in [0.5, 0.6) is 5.75 Å². The van der Waals surface area contributed by atoms with Gasteiger partial charge in [0.05, 0.1) is 23.8 Å². The van der Waals surface area contributed by atoms with Gasteiger partial charge in [-0.1, -0.05) is 23.8 Å². The molecule has 1 aliphatic rings. The van der Waals surface area contributed by atoms with E-state index < -0.39 is 15.9 Å². The fourth-order valence-electron chi connectivity index (χ4n) is 3.45. The quantitative estimate of drug-likeness (QED) is 0.768. The number of nitriles is 1. The topological polar surface area (TPSA) is 87.5 Å². The number of ether oxygens (including phenoxy) is 1. The van der Waals surface area contributed by atoms with Crippen LogP contribution in [0.2, 0.25) is 0 Å². The van der Waals surface area contributed by atoms with Gasteiger partial charge in [-0.2, -0.15) is 5.26 Å². The molecule has 0 amide bonds. The zero-order chi connectivity index (χ0) is 20.3. The molecule has 1 atom stereocenters. The molecule has 2 aromatic carbocycles. The summed E-state index contributed by atoms with van der Waals surface area (Å²) in [6.07, 6.45) is 0.692. The van der Waals surface area contributed by atoms with Gasteiger partial charge < -0.3 is 4.74 Å². The fraction of sp³-hybridized carbons (Fsp3) is 0.333. The van der Waals surface area contributed by atoms with Crippen LogP contribution >= 0.6 is 0 Å². The van der Waals surface area contributed by atoms with Crippen LogP contribution in [0.3, 0.4) is 0 Å². The summed E-state index contributed by atoms with van der Waals surface area (Å²) in [5.41, 5.74) is 2.02. The van der Waals surface area contributed by atoms with Crippen LogP contribution in [0.15, 0.2) is 47.4 Å². The van der Waals surface area contributed by atoms with E-state index in [-0.39, 0.29) is 30.1 Å². The van der Waals surface area contributed by atoms with Gasteiger partial charge in [0.15, 0.2) is 0 Å². The lowest BCUT2D eigenvalue weighted by Gasteiger charge is -2.25. The highest BCUT2D eigenvalue weighted by Gasteiger charge is 2.35. The molecule has 0 saturated heterocycles. The van der Waals surface area contributed by atoms with Gasteiger partial charge in [0.2, 0.25) is 0 Å². The van der Waals surface area contributed by atoms with Crippen LogP contribution in [0.4, 0.5) is 5.69 Å². The standard InChI is InChI=1S/C21H22N2O4S/c1-15-5-8-17(9-6-15)28(25,26)23-13-11-21(24)19(4-3-12-22)18-10-7-16(27-2)14-20(18)23/h5-10,14,19H,3-4,11,13H2,1-2H3/t19-/m1/s1. The van der Waals surface area contributed by atoms with Crippen molar-refractivity contribution in [1.29, 1.82) is 5.26 Å². The molecule has 1 aliphatic heterocycles. The second-order valence-electron chi connectivity index (χ2n) is 6.78. The van der Waals surface area contributed by atoms with E-state index in [1.165, 1.54) is 11.4 Å². The summed E-state index contributed by atoms with van der Waals surface area (Å²) in [5, 5.41) is 8.95. The Hall–Kier alpha value is -2.85. The Kier molecular flexibility index (Phi) is 5.71. The average molecular weight is 398 g/mol. The van der Waals surface area contributed by atoms with Crippen LogP contribution in [0, 0.1) is 18.3 Å². The molecule has 1 heterocycles. The van der Waals surface area contributed by atoms with E-state index >= 15 is 0 Å². The molecule has 0 fully saturated rings. The molecule has 0 N–H and O–H groups in total. The van der Waals surface area contributed by atoms with Crippen LogP contribution in [-0.2, 0) is 14.8 Å². The molecular weight excluding hydrogens is 376 g/mol. The highest BCUT2D eigenvalue weighted by molar-refractivity contribution is 7.92. The van der Waals surface area contributed by atoms with E-state index in [1.54, 1.807) is 42.5 Å². The summed E-state index contributed by atoms with van der Waals surface area (Å²) >= 11 is 0. The third kappa shape index (κ3) is 3.73. The first-order valence-corrected chi connectivity index (χ1v) is 10.5. The number of ketones is 1. The van der Waals surface area contributed by atoms with Crippen molar-refractivity contribution >= 4 is 21.5 Å². The lowest BCUT2D eigenvalue weighted by molar-refractivity contribution is -0.120. The molecule has 0 bridgehead atoms. The number of rotatable bonds is 5. The smallest absolute Gasteiger partial charge is 0.264 e. The van der Waals surface area contributed by atoms with Gasteiger partial charge in [0.1, 0.15) is 11.5 Å². The second-order valence-corrected chi connectivity index (χ2v) is 8.64. The Bertz CT molecular complexity index is 1020. The normalized spacial score (nSPS) is 16.8. The summed E-state index contributed by atoms with van der Waals surface area (Å²) in [5.74, 6) is -0.0433. The Morgan fingerprint density at radius 3 is 2.57 bits per heavy atom. The van der Waals surface area contributed by atoms with Crippen LogP contribution < -0.4 is 9.04 Å². The zero-order valence-corrected chi connectivity index (χ0v) is 16.7. The third-order valence-corrected chi connectivity index (χ3v) is 6.81. The van der Waals surface area contributed by atoms with E-state index in [2.05, 4.69) is 6.07 Å². The number of sulfonamides is 1. The van der Waals surface area contributed by atoms with Crippen molar-refractivity contribution in [3.63, 3.8) is 0 Å². The maximum absolute atomic E-state index is 13.4. The van der Waals surface area contributed by atoms with Gasteiger partial charge in [0.25, 0.3) is 10.0 Å². The minimum atomic E-state index is -3.85. The first kappa shape index (κ1) is 19.9. The van der Waals surface area contributed by atoms with Gasteiger partial charge in [-0.25, -0.2) is 8.42 Å². The molecule has 0 unspecified atom stereocenters. The molecule has 3 rings (SSSR count). The van der Waals surface area contributed by atoms with E-state index in [9.17, 15) is 13.2 Å². The molecule has 146 valence electrons. The van der Waals surface area contributed by atoms with E-state index in [4.69, 9.17) is 10.00 Å². The van der Waals surface area contributed by atoms with Gasteiger partial charge in [-0.3, -0.25) is 9.10 Å². The minimum absolute atomic E-state index is 0.0525. The van der Waals surface area contributed by atoms with Crippen LogP contribution in [0.25, 0.3) is 0 Å². The number of nitrogens with zero attached hydrogens (tertiary/aromatic N) is 2. The number of methoxy groups -OCH3 is 1. The van der Waals surface area contributed by atoms with Gasteiger partial charge in [-0.15, -0.1) is 0 Å². The average Bonchev–Trinajstić information content (AvgIpc) is 2.82. The van der Waals surface area contributed by atoms with Crippen molar-refractivity contribution in [3.05, 3.63) is 53.6 Å². The number of hydrogen-bond acceptors (Lipinski definition) is 5. The molecule has 0 spiro atoms. The van der Waals surface area contributed by atoms with E-state index in [1.807, 2.05) is 6.92 Å². The minimum Gasteiger partial charge on any atom is -0.497 e. The van der Waals surface area contributed by atoms with Crippen molar-refractivity contribution in [1.82, 2.24) is 0 Å². The number of Topliss-reactive ketones (excluding diaryl/α,β-unsaturated/α-hetero) is 1. The summed E-state index contributed by atoms with van der Waals surface area (Å²) in [6, 6.07) is 13.8. The summed E-state index contributed by atoms with van der Waals surface area (Å²) in [7, 11) is -2.34. The number of hydrogen-bond donors (Lipinski definition) is 0. The molecular formula is C21H22N2O4S. The summed E-state index contributed by atoms with van der Waals surface area (Å²) in [6.45, 7) is 1.94. The highest BCUT2D eigenvalue weighted by Crippen LogP contribution is 2.39. The second kappa shape index (κ2) is 8.03. The van der Waals surface area contributed by atoms with Gasteiger partial charge >= 0.3 is 0 Å². The molecule has 0 aliphatic carbocycles. The number of fused-ring (bicyclic) bond motifs is 1. The molecule has 2 aromatic rings. The van der Waals surface area contributed by atoms with Crippen molar-refractivity contribution in [2.75, 3.05) is 18.0 Å². The van der Waals surface area contributed by atoms with E-state index in [0.29, 0.717) is 23.4 Å². The Morgan fingerprint density at radius 1 is 1.21 bits per heavy atom. The Morgan fingerprint density at radius 2 is 1.93 bits per heavy atom. The largest absolute Gasteiger partial charge is 0.497 e. The molecule has 0 radical (unpaired) electrons. The summed E-state index contributed by atoms with van der Waals surface area (Å²) in [4.78, 5) is 12.9. The molecule has 0 saturated carbocycles. The van der Waals surface area contributed by atoms with Crippen molar-refractivity contribution < 1.29 is 17.9 Å². The fourth-order valence-corrected chi connectivity index (χ4v) is 4.94. The van der Waals surface area contributed by atoms with Crippen LogP contribution in [0.1, 0.15) is 36.3 Å². The molecule has 6 nitrogen and oxygen atoms in total. The van der Waals surface area contributed by atoms with Gasteiger partial charge in [-0.05, 0) is 37.1 Å². The maximum atomic E-state index is 13.4. The SMILES string of the molecule is COc1ccc2c(c1)N(S(=O)(=O)c1ccc(C)cc1)CCC(=O)[C@@H]2CCC#N. The molecule has 0 aromatic heterocycles. The van der Waals surface area contributed by atoms with Crippen molar-refractivity contribution in [2.24, 2.45) is 0 Å². The monoisotopic (exact) mass is 398 g/mol. The maximum Gasteiger partial charge on any atom is 0.264 e. The number of anilines is 1. The predicted octanol–water partition coefficient (Wildman–Crippen LogP) is 3.56. The summed E-state index contributed by atoms with van der Waals surface area (Å²) < 4.78 is 33.3. The lowest BCUT2D eigenvalue weighted by atomic mass is 9.89. The van der Waals surface area contributed by atoms with Crippen molar-refractivity contribution in [2.45, 2.75) is 37.0 Å². The Balaban J connectivity index is 2.15. The van der Waals surface area contributed by atoms with Crippen molar-refractivity contribution in [3.8, 4) is 11.8 Å². The number of aryl methyl sites for hydroxylation is 1. The van der Waals surface area contributed by atoms with Gasteiger partial charge in [0, 0.05) is 31.4 Å². The highest BCUT2D eigenvalue weighted by atomic mass is 32.2. The van der Waals surface area contributed by atoms with Crippen LogP contribution in [-0.4, -0.2) is 27.9 Å². The first-order valence-electron chi connectivity index (χ1n) is 9.05. The molecule has 28 heavy (non-hydrogen) atoms. The Labute approximate surface area is 165 Å². The number of carbonyl (C=O) groups excluding carboxylic acids is 1. The number of benzene rings is 2. The predicted molar refractivity (Wildman–Crippen MR) is 106 cm³/mol. The lowest BCUT2D eigenvalue weighted by Crippen LogP contribution is -2.32. The number of carbonyl (C=O) groups is 1. The molecule has 7 heteroatoms. The first-order chi connectivity index (χ1) is 13.4.